The van der Waals surface area contributed by atoms with Crippen molar-refractivity contribution in [2.75, 3.05) is 6.61 Å². The molecular weight excluding hydrogens is 232 g/mol. The third-order valence-corrected chi connectivity index (χ3v) is 3.37. The van der Waals surface area contributed by atoms with Gasteiger partial charge in [-0.05, 0) is 38.7 Å². The number of ether oxygens (including phenoxy) is 2. The predicted molar refractivity (Wildman–Crippen MR) is 69.1 cm³/mol. The van der Waals surface area contributed by atoms with Gasteiger partial charge in [-0.1, -0.05) is 13.8 Å². The van der Waals surface area contributed by atoms with Gasteiger partial charge in [0.15, 0.2) is 0 Å². The Hall–Kier alpha value is -0.870. The first-order chi connectivity index (χ1) is 8.40. The highest BCUT2D eigenvalue weighted by Gasteiger charge is 2.41. The summed E-state index contributed by atoms with van der Waals surface area (Å²) in [5, 5.41) is 10.4. The van der Waals surface area contributed by atoms with Gasteiger partial charge in [0.2, 0.25) is 0 Å². The molecule has 4 heteroatoms. The summed E-state index contributed by atoms with van der Waals surface area (Å²) in [4.78, 5) is 11.2. The Morgan fingerprint density at radius 1 is 1.56 bits per heavy atom. The van der Waals surface area contributed by atoms with Gasteiger partial charge in [0.05, 0.1) is 18.8 Å². The van der Waals surface area contributed by atoms with E-state index in [1.165, 1.54) is 12.2 Å². The minimum absolute atomic E-state index is 0.201. The molecule has 0 aromatic rings. The summed E-state index contributed by atoms with van der Waals surface area (Å²) in [6.07, 6.45) is 4.58. The van der Waals surface area contributed by atoms with E-state index in [0.29, 0.717) is 6.61 Å². The Morgan fingerprint density at radius 2 is 2.22 bits per heavy atom. The maximum Gasteiger partial charge on any atom is 0.330 e. The molecule has 0 aromatic carbocycles. The fourth-order valence-corrected chi connectivity index (χ4v) is 2.43. The van der Waals surface area contributed by atoms with Crippen molar-refractivity contribution in [1.82, 2.24) is 0 Å². The van der Waals surface area contributed by atoms with Crippen LogP contribution in [-0.2, 0) is 14.3 Å². The first-order valence-corrected chi connectivity index (χ1v) is 6.64. The molecule has 1 N–H and O–H groups in total. The lowest BCUT2D eigenvalue weighted by Gasteiger charge is -2.29. The molecule has 1 saturated heterocycles. The van der Waals surface area contributed by atoms with Crippen LogP contribution in [-0.4, -0.2) is 35.5 Å². The van der Waals surface area contributed by atoms with Gasteiger partial charge in [-0.2, -0.15) is 0 Å². The smallest absolute Gasteiger partial charge is 0.330 e. The van der Waals surface area contributed by atoms with E-state index in [1.807, 2.05) is 0 Å². The maximum atomic E-state index is 11.2. The van der Waals surface area contributed by atoms with Crippen LogP contribution in [0.1, 0.15) is 40.5 Å². The molecule has 0 bridgehead atoms. The Bertz CT molecular complexity index is 309. The van der Waals surface area contributed by atoms with Crippen molar-refractivity contribution in [1.29, 1.82) is 0 Å². The molecule has 1 aliphatic rings. The largest absolute Gasteiger partial charge is 0.463 e. The highest BCUT2D eigenvalue weighted by molar-refractivity contribution is 5.82. The van der Waals surface area contributed by atoms with E-state index in [4.69, 9.17) is 9.47 Å². The SMILES string of the molecule is CCOC(=O)/C=C/[C@](C)(O)[C@@H]1O[C@H](CC)C[C@@H]1C. The van der Waals surface area contributed by atoms with Crippen LogP contribution < -0.4 is 0 Å². The first kappa shape index (κ1) is 15.2. The molecule has 1 aliphatic heterocycles. The van der Waals surface area contributed by atoms with E-state index in [0.717, 1.165) is 12.8 Å². The number of rotatable bonds is 5. The Balaban J connectivity index is 2.65. The summed E-state index contributed by atoms with van der Waals surface area (Å²) < 4.78 is 10.6. The topological polar surface area (TPSA) is 55.8 Å². The Kier molecular flexibility index (Phi) is 5.35. The van der Waals surface area contributed by atoms with Crippen LogP contribution >= 0.6 is 0 Å². The Morgan fingerprint density at radius 3 is 2.72 bits per heavy atom. The minimum Gasteiger partial charge on any atom is -0.463 e. The maximum absolute atomic E-state index is 11.2. The molecule has 0 aromatic heterocycles. The normalized spacial score (nSPS) is 31.5. The fourth-order valence-electron chi connectivity index (χ4n) is 2.43. The standard InChI is InChI=1S/C14H24O4/c1-5-11-9-10(3)13(18-11)14(4,16)8-7-12(15)17-6-2/h7-8,10-11,13,16H,5-6,9H2,1-4H3/b8-7+/t10-,11+,13+,14-/m0/s1. The average Bonchev–Trinajstić information content (AvgIpc) is 2.69. The predicted octanol–water partition coefficient (Wildman–Crippen LogP) is 2.06. The molecule has 104 valence electrons. The Labute approximate surface area is 109 Å². The highest BCUT2D eigenvalue weighted by atomic mass is 16.5. The lowest BCUT2D eigenvalue weighted by molar-refractivity contribution is -0.137. The van der Waals surface area contributed by atoms with Gasteiger partial charge >= 0.3 is 5.97 Å². The van der Waals surface area contributed by atoms with Crippen LogP contribution in [0.3, 0.4) is 0 Å². The highest BCUT2D eigenvalue weighted by Crippen LogP contribution is 2.34. The van der Waals surface area contributed by atoms with Crippen molar-refractivity contribution < 1.29 is 19.4 Å². The number of hydrogen-bond donors (Lipinski definition) is 1. The minimum atomic E-state index is -1.14. The van der Waals surface area contributed by atoms with Gasteiger partial charge in [-0.25, -0.2) is 4.79 Å². The molecule has 1 heterocycles. The molecule has 0 spiro atoms. The van der Waals surface area contributed by atoms with Crippen molar-refractivity contribution in [3.8, 4) is 0 Å². The second kappa shape index (κ2) is 6.34. The second-order valence-electron chi connectivity index (χ2n) is 5.11. The van der Waals surface area contributed by atoms with Gasteiger partial charge < -0.3 is 14.6 Å². The van der Waals surface area contributed by atoms with Crippen molar-refractivity contribution in [3.63, 3.8) is 0 Å². The van der Waals surface area contributed by atoms with E-state index in [2.05, 4.69) is 13.8 Å². The number of aliphatic hydroxyl groups is 1. The van der Waals surface area contributed by atoms with Crippen LogP contribution in [0.2, 0.25) is 0 Å². The van der Waals surface area contributed by atoms with E-state index >= 15 is 0 Å². The molecular formula is C14H24O4. The average molecular weight is 256 g/mol. The van der Waals surface area contributed by atoms with Gasteiger partial charge in [-0.15, -0.1) is 0 Å². The summed E-state index contributed by atoms with van der Waals surface area (Å²) in [5.74, 6) is -0.160. The summed E-state index contributed by atoms with van der Waals surface area (Å²) in [6.45, 7) is 7.88. The van der Waals surface area contributed by atoms with E-state index in [9.17, 15) is 9.90 Å². The van der Waals surface area contributed by atoms with Crippen LogP contribution in [0.15, 0.2) is 12.2 Å². The zero-order valence-corrected chi connectivity index (χ0v) is 11.7. The van der Waals surface area contributed by atoms with Gasteiger partial charge in [0.25, 0.3) is 0 Å². The number of hydrogen-bond acceptors (Lipinski definition) is 4. The van der Waals surface area contributed by atoms with Crippen molar-refractivity contribution >= 4 is 5.97 Å². The second-order valence-corrected chi connectivity index (χ2v) is 5.11. The van der Waals surface area contributed by atoms with Crippen LogP contribution in [0, 0.1) is 5.92 Å². The summed E-state index contributed by atoms with van der Waals surface area (Å²) in [6, 6.07) is 0. The summed E-state index contributed by atoms with van der Waals surface area (Å²) in [5.41, 5.74) is -1.14. The van der Waals surface area contributed by atoms with Crippen molar-refractivity contribution in [2.24, 2.45) is 5.92 Å². The number of carbonyl (C=O) groups excluding carboxylic acids is 1. The number of esters is 1. The van der Waals surface area contributed by atoms with E-state index < -0.39 is 11.6 Å². The van der Waals surface area contributed by atoms with Crippen LogP contribution in [0.5, 0.6) is 0 Å². The fraction of sp³-hybridized carbons (Fsp3) is 0.786. The lowest BCUT2D eigenvalue weighted by Crippen LogP contribution is -2.40. The molecule has 4 atom stereocenters. The van der Waals surface area contributed by atoms with Crippen molar-refractivity contribution in [3.05, 3.63) is 12.2 Å². The number of carbonyl (C=O) groups is 1. The molecule has 0 unspecified atom stereocenters. The molecule has 18 heavy (non-hydrogen) atoms. The molecule has 4 nitrogen and oxygen atoms in total. The van der Waals surface area contributed by atoms with E-state index in [1.54, 1.807) is 13.8 Å². The quantitative estimate of drug-likeness (QED) is 0.604. The summed E-state index contributed by atoms with van der Waals surface area (Å²) in [7, 11) is 0. The van der Waals surface area contributed by atoms with Gasteiger partial charge in [0, 0.05) is 6.08 Å². The molecule has 1 rings (SSSR count). The summed E-state index contributed by atoms with van der Waals surface area (Å²) >= 11 is 0. The monoisotopic (exact) mass is 256 g/mol. The van der Waals surface area contributed by atoms with Crippen molar-refractivity contribution in [2.45, 2.75) is 58.3 Å². The molecule has 0 radical (unpaired) electrons. The van der Waals surface area contributed by atoms with Gasteiger partial charge in [0.1, 0.15) is 5.60 Å². The lowest BCUT2D eigenvalue weighted by atomic mass is 9.88. The molecule has 0 amide bonds. The van der Waals surface area contributed by atoms with E-state index in [-0.39, 0.29) is 18.1 Å². The molecule has 0 aliphatic carbocycles. The van der Waals surface area contributed by atoms with Crippen LogP contribution in [0.25, 0.3) is 0 Å². The third kappa shape index (κ3) is 3.82. The first-order valence-electron chi connectivity index (χ1n) is 6.64. The zero-order chi connectivity index (χ0) is 13.8. The van der Waals surface area contributed by atoms with Gasteiger partial charge in [-0.3, -0.25) is 0 Å². The molecule has 0 saturated carbocycles. The zero-order valence-electron chi connectivity index (χ0n) is 11.7. The molecule has 1 fully saturated rings. The van der Waals surface area contributed by atoms with Crippen LogP contribution in [0.4, 0.5) is 0 Å². The third-order valence-electron chi connectivity index (χ3n) is 3.37.